The van der Waals surface area contributed by atoms with Gasteiger partial charge in [0.15, 0.2) is 0 Å². The van der Waals surface area contributed by atoms with Gasteiger partial charge in [0.1, 0.15) is 0 Å². The van der Waals surface area contributed by atoms with Crippen molar-refractivity contribution in [3.05, 3.63) is 36.3 Å². The van der Waals surface area contributed by atoms with Crippen LogP contribution in [0, 0.1) is 5.41 Å². The van der Waals surface area contributed by atoms with Gasteiger partial charge in [-0.3, -0.25) is 14.9 Å². The molecule has 2 aromatic heterocycles. The summed E-state index contributed by atoms with van der Waals surface area (Å²) in [6.45, 7) is 4.16. The van der Waals surface area contributed by atoms with E-state index in [0.717, 1.165) is 24.2 Å². The molecule has 0 aliphatic carbocycles. The van der Waals surface area contributed by atoms with E-state index in [0.29, 0.717) is 18.7 Å². The lowest BCUT2D eigenvalue weighted by atomic mass is 9.90. The summed E-state index contributed by atoms with van der Waals surface area (Å²) in [4.78, 5) is 18.6. The molecule has 110 valence electrons. The minimum absolute atomic E-state index is 0.00716. The number of carbonyl (C=O) groups excluding carboxylic acids is 1. The van der Waals surface area contributed by atoms with Gasteiger partial charge in [-0.1, -0.05) is 6.92 Å². The van der Waals surface area contributed by atoms with E-state index >= 15 is 0 Å². The average Bonchev–Trinajstić information content (AvgIpc) is 3.15. The number of likely N-dealkylation sites (tertiary alicyclic amines) is 1. The number of H-pyrrole nitrogens is 1. The van der Waals surface area contributed by atoms with Crippen LogP contribution in [0.1, 0.15) is 23.7 Å². The number of hydrogen-bond acceptors (Lipinski definition) is 4. The number of rotatable bonds is 3. The van der Waals surface area contributed by atoms with Crippen LogP contribution in [0.3, 0.4) is 0 Å². The predicted molar refractivity (Wildman–Crippen MR) is 79.5 cm³/mol. The van der Waals surface area contributed by atoms with E-state index < -0.39 is 0 Å². The van der Waals surface area contributed by atoms with Crippen LogP contribution in [-0.4, -0.2) is 45.6 Å². The second kappa shape index (κ2) is 5.29. The van der Waals surface area contributed by atoms with Gasteiger partial charge in [-0.15, -0.1) is 0 Å². The Balaban J connectivity index is 1.86. The van der Waals surface area contributed by atoms with Gasteiger partial charge in [-0.05, 0) is 30.5 Å². The highest BCUT2D eigenvalue weighted by Crippen LogP contribution is 2.31. The number of nitrogens with two attached hydrogens (primary N) is 1. The minimum atomic E-state index is 0.00716. The standard InChI is InChI=1S/C15H19N5O/c1-15(9-16)4-7-20(10-15)14(21)12-8-18-19-13(12)11-2-5-17-6-3-11/h2-3,5-6,8H,4,7,9-10,16H2,1H3,(H,18,19). The molecule has 1 fully saturated rings. The summed E-state index contributed by atoms with van der Waals surface area (Å²) in [6.07, 6.45) is 5.94. The fraction of sp³-hybridized carbons (Fsp3) is 0.400. The van der Waals surface area contributed by atoms with Crippen LogP contribution in [0.2, 0.25) is 0 Å². The molecule has 1 atom stereocenters. The van der Waals surface area contributed by atoms with Crippen molar-refractivity contribution in [3.63, 3.8) is 0 Å². The van der Waals surface area contributed by atoms with Gasteiger partial charge >= 0.3 is 0 Å². The zero-order valence-electron chi connectivity index (χ0n) is 12.0. The fourth-order valence-corrected chi connectivity index (χ4v) is 2.72. The Morgan fingerprint density at radius 3 is 2.90 bits per heavy atom. The number of nitrogens with one attached hydrogen (secondary N) is 1. The van der Waals surface area contributed by atoms with Crippen LogP contribution < -0.4 is 5.73 Å². The molecule has 1 amide bonds. The summed E-state index contributed by atoms with van der Waals surface area (Å²) in [7, 11) is 0. The molecular formula is C15H19N5O. The van der Waals surface area contributed by atoms with E-state index in [1.165, 1.54) is 0 Å². The molecule has 1 saturated heterocycles. The third-order valence-electron chi connectivity index (χ3n) is 4.18. The molecule has 3 heterocycles. The average molecular weight is 285 g/mol. The van der Waals surface area contributed by atoms with Crippen molar-refractivity contribution in [1.29, 1.82) is 0 Å². The van der Waals surface area contributed by atoms with Crippen molar-refractivity contribution >= 4 is 5.91 Å². The predicted octanol–water partition coefficient (Wildman–Crippen LogP) is 1.28. The molecule has 0 radical (unpaired) electrons. The first kappa shape index (κ1) is 13.8. The highest BCUT2D eigenvalue weighted by molar-refractivity contribution is 5.99. The Hall–Kier alpha value is -2.21. The lowest BCUT2D eigenvalue weighted by molar-refractivity contribution is 0.0777. The number of carbonyl (C=O) groups is 1. The number of pyridine rings is 1. The fourth-order valence-electron chi connectivity index (χ4n) is 2.72. The van der Waals surface area contributed by atoms with Crippen LogP contribution >= 0.6 is 0 Å². The molecule has 0 spiro atoms. The molecule has 0 saturated carbocycles. The number of nitrogens with zero attached hydrogens (tertiary/aromatic N) is 3. The maximum absolute atomic E-state index is 12.7. The monoisotopic (exact) mass is 285 g/mol. The van der Waals surface area contributed by atoms with Gasteiger partial charge in [0.2, 0.25) is 0 Å². The number of amides is 1. The second-order valence-electron chi connectivity index (χ2n) is 5.89. The zero-order valence-corrected chi connectivity index (χ0v) is 12.0. The molecule has 2 aromatic rings. The Morgan fingerprint density at radius 1 is 1.48 bits per heavy atom. The zero-order chi connectivity index (χ0) is 14.9. The highest BCUT2D eigenvalue weighted by atomic mass is 16.2. The summed E-state index contributed by atoms with van der Waals surface area (Å²) in [5.41, 5.74) is 8.08. The molecule has 1 unspecified atom stereocenters. The molecule has 3 N–H and O–H groups in total. The largest absolute Gasteiger partial charge is 0.338 e. The van der Waals surface area contributed by atoms with Crippen LogP contribution in [0.15, 0.2) is 30.7 Å². The molecule has 6 nitrogen and oxygen atoms in total. The summed E-state index contributed by atoms with van der Waals surface area (Å²) in [5, 5.41) is 6.94. The van der Waals surface area contributed by atoms with Crippen LogP contribution in [0.25, 0.3) is 11.3 Å². The van der Waals surface area contributed by atoms with Crippen LogP contribution in [0.5, 0.6) is 0 Å². The molecule has 1 aliphatic heterocycles. The SMILES string of the molecule is CC1(CN)CCN(C(=O)c2cn[nH]c2-c2ccncc2)C1. The van der Waals surface area contributed by atoms with Gasteiger partial charge in [-0.2, -0.15) is 5.10 Å². The molecule has 0 bridgehead atoms. The van der Waals surface area contributed by atoms with Gasteiger partial charge in [0.05, 0.1) is 17.5 Å². The third-order valence-corrected chi connectivity index (χ3v) is 4.18. The Bertz CT molecular complexity index is 639. The molecular weight excluding hydrogens is 266 g/mol. The molecule has 1 aliphatic rings. The summed E-state index contributed by atoms with van der Waals surface area (Å²) < 4.78 is 0. The van der Waals surface area contributed by atoms with Gasteiger partial charge in [0.25, 0.3) is 5.91 Å². The lowest BCUT2D eigenvalue weighted by Gasteiger charge is -2.22. The van der Waals surface area contributed by atoms with Crippen molar-refractivity contribution in [3.8, 4) is 11.3 Å². The number of hydrogen-bond donors (Lipinski definition) is 2. The second-order valence-corrected chi connectivity index (χ2v) is 5.89. The van der Waals surface area contributed by atoms with Crippen molar-refractivity contribution < 1.29 is 4.79 Å². The Kier molecular flexibility index (Phi) is 3.47. The van der Waals surface area contributed by atoms with E-state index in [4.69, 9.17) is 5.73 Å². The van der Waals surface area contributed by atoms with E-state index in [9.17, 15) is 4.79 Å². The first-order chi connectivity index (χ1) is 10.1. The smallest absolute Gasteiger partial charge is 0.257 e. The topological polar surface area (TPSA) is 87.9 Å². The summed E-state index contributed by atoms with van der Waals surface area (Å²) in [6, 6.07) is 3.72. The van der Waals surface area contributed by atoms with Gasteiger partial charge < -0.3 is 10.6 Å². The van der Waals surface area contributed by atoms with E-state index in [-0.39, 0.29) is 11.3 Å². The minimum Gasteiger partial charge on any atom is -0.338 e. The quantitative estimate of drug-likeness (QED) is 0.889. The number of aromatic nitrogens is 3. The summed E-state index contributed by atoms with van der Waals surface area (Å²) >= 11 is 0. The maximum Gasteiger partial charge on any atom is 0.257 e. The molecule has 0 aromatic carbocycles. The van der Waals surface area contributed by atoms with Crippen LogP contribution in [0.4, 0.5) is 0 Å². The van der Waals surface area contributed by atoms with E-state index in [2.05, 4.69) is 22.1 Å². The Labute approximate surface area is 123 Å². The summed E-state index contributed by atoms with van der Waals surface area (Å²) in [5.74, 6) is 0.00716. The highest BCUT2D eigenvalue weighted by Gasteiger charge is 2.36. The van der Waals surface area contributed by atoms with Crippen molar-refractivity contribution in [1.82, 2.24) is 20.1 Å². The Morgan fingerprint density at radius 2 is 2.24 bits per heavy atom. The van der Waals surface area contributed by atoms with E-state index in [1.807, 2.05) is 17.0 Å². The van der Waals surface area contributed by atoms with Gasteiger partial charge in [-0.25, -0.2) is 0 Å². The molecule has 21 heavy (non-hydrogen) atoms. The van der Waals surface area contributed by atoms with E-state index in [1.54, 1.807) is 18.6 Å². The lowest BCUT2D eigenvalue weighted by Crippen LogP contribution is -2.34. The van der Waals surface area contributed by atoms with Crippen LogP contribution in [-0.2, 0) is 0 Å². The molecule has 6 heteroatoms. The molecule has 3 rings (SSSR count). The number of aromatic amines is 1. The maximum atomic E-state index is 12.7. The first-order valence-electron chi connectivity index (χ1n) is 7.06. The normalized spacial score (nSPS) is 21.7. The van der Waals surface area contributed by atoms with Crippen molar-refractivity contribution in [2.75, 3.05) is 19.6 Å². The van der Waals surface area contributed by atoms with Crippen molar-refractivity contribution in [2.45, 2.75) is 13.3 Å². The van der Waals surface area contributed by atoms with Gasteiger partial charge in [0, 0.05) is 31.0 Å². The van der Waals surface area contributed by atoms with Crippen molar-refractivity contribution in [2.24, 2.45) is 11.1 Å². The first-order valence-corrected chi connectivity index (χ1v) is 7.06. The third kappa shape index (κ3) is 2.54.